The van der Waals surface area contributed by atoms with E-state index in [2.05, 4.69) is 4.74 Å². The molecule has 1 aromatic rings. The molecular weight excluding hydrogens is 290 g/mol. The Morgan fingerprint density at radius 1 is 0.889 bits per heavy atom. The Balaban J connectivity index is 3.12. The van der Waals surface area contributed by atoms with Gasteiger partial charge >= 0.3 is 18.1 Å². The number of hydrogen-bond acceptors (Lipinski definition) is 2. The van der Waals surface area contributed by atoms with Crippen LogP contribution in [0.25, 0.3) is 0 Å². The molecule has 1 rings (SSSR count). The number of rotatable bonds is 2. The van der Waals surface area contributed by atoms with E-state index < -0.39 is 23.9 Å². The predicted octanol–water partition coefficient (Wildman–Crippen LogP) is 3.53. The van der Waals surface area contributed by atoms with E-state index in [-0.39, 0.29) is 5.02 Å². The molecule has 0 aliphatic rings. The van der Waals surface area contributed by atoms with Gasteiger partial charge in [0.25, 0.3) is 0 Å². The van der Waals surface area contributed by atoms with Gasteiger partial charge in [-0.05, 0) is 24.3 Å². The number of halogens is 7. The molecule has 0 saturated heterocycles. The summed E-state index contributed by atoms with van der Waals surface area (Å²) in [7, 11) is 0. The first-order valence-corrected chi connectivity index (χ1v) is 4.65. The van der Waals surface area contributed by atoms with E-state index in [4.69, 9.17) is 16.7 Å². The summed E-state index contributed by atoms with van der Waals surface area (Å²) in [5, 5.41) is 8.79. The summed E-state index contributed by atoms with van der Waals surface area (Å²) in [6, 6.07) is 3.57. The zero-order chi connectivity index (χ0) is 14.2. The highest BCUT2D eigenvalue weighted by molar-refractivity contribution is 6.30. The maximum atomic E-state index is 12.2. The van der Waals surface area contributed by atoms with Crippen LogP contribution < -0.4 is 4.74 Å². The van der Waals surface area contributed by atoms with Gasteiger partial charge in [0.2, 0.25) is 0 Å². The van der Waals surface area contributed by atoms with Crippen LogP contribution in [-0.2, 0) is 0 Å². The lowest BCUT2D eigenvalue weighted by atomic mass is 10.2. The molecule has 2 nitrogen and oxygen atoms in total. The van der Waals surface area contributed by atoms with Crippen molar-refractivity contribution in [2.75, 3.05) is 0 Å². The van der Waals surface area contributed by atoms with Crippen LogP contribution >= 0.6 is 11.6 Å². The molecule has 0 fully saturated rings. The highest BCUT2D eigenvalue weighted by Crippen LogP contribution is 2.44. The van der Waals surface area contributed by atoms with Crippen LogP contribution in [0, 0.1) is 0 Å². The van der Waals surface area contributed by atoms with Gasteiger partial charge in [-0.1, -0.05) is 11.6 Å². The van der Waals surface area contributed by atoms with Crippen LogP contribution in [0.3, 0.4) is 0 Å². The number of hydrogen-bond donors (Lipinski definition) is 1. The maximum absolute atomic E-state index is 12.2. The van der Waals surface area contributed by atoms with Crippen LogP contribution in [-0.4, -0.2) is 23.2 Å². The topological polar surface area (TPSA) is 29.5 Å². The molecule has 18 heavy (non-hydrogen) atoms. The van der Waals surface area contributed by atoms with Gasteiger partial charge in [-0.15, -0.1) is 0 Å². The van der Waals surface area contributed by atoms with E-state index in [0.717, 1.165) is 24.3 Å². The lowest BCUT2D eigenvalue weighted by Crippen LogP contribution is -2.61. The molecule has 1 aromatic carbocycles. The van der Waals surface area contributed by atoms with Gasteiger partial charge in [0, 0.05) is 5.02 Å². The van der Waals surface area contributed by atoms with Crippen molar-refractivity contribution in [2.24, 2.45) is 0 Å². The largest absolute Gasteiger partial charge is 0.465 e. The van der Waals surface area contributed by atoms with Crippen molar-refractivity contribution in [3.63, 3.8) is 0 Å². The molecule has 102 valence electrons. The lowest BCUT2D eigenvalue weighted by Gasteiger charge is -2.32. The molecule has 0 amide bonds. The second-order valence-electron chi connectivity index (χ2n) is 3.20. The van der Waals surface area contributed by atoms with Crippen molar-refractivity contribution in [3.8, 4) is 5.75 Å². The summed E-state index contributed by atoms with van der Waals surface area (Å²) in [5.74, 6) is -6.09. The molecule has 0 aliphatic heterocycles. The predicted molar refractivity (Wildman–Crippen MR) is 49.1 cm³/mol. The van der Waals surface area contributed by atoms with E-state index in [1.165, 1.54) is 0 Å². The zero-order valence-electron chi connectivity index (χ0n) is 8.31. The Morgan fingerprint density at radius 3 is 1.61 bits per heavy atom. The van der Waals surface area contributed by atoms with Gasteiger partial charge in [-0.3, -0.25) is 0 Å². The fourth-order valence-corrected chi connectivity index (χ4v) is 1.08. The highest BCUT2D eigenvalue weighted by Gasteiger charge is 2.74. The van der Waals surface area contributed by atoms with E-state index in [9.17, 15) is 26.3 Å². The molecule has 0 unspecified atom stereocenters. The number of alkyl halides is 6. The molecule has 0 bridgehead atoms. The molecule has 0 aromatic heterocycles. The average Bonchev–Trinajstić information content (AvgIpc) is 2.18. The molecule has 0 atom stereocenters. The third-order valence-electron chi connectivity index (χ3n) is 1.85. The minimum absolute atomic E-state index is 0.0879. The van der Waals surface area contributed by atoms with E-state index >= 15 is 0 Å². The first kappa shape index (κ1) is 14.9. The van der Waals surface area contributed by atoms with Crippen LogP contribution in [0.5, 0.6) is 5.75 Å². The lowest BCUT2D eigenvalue weighted by molar-refractivity contribution is -0.433. The standard InChI is InChI=1S/C9H5ClF6O2/c10-5-1-3-6(4-2-5)18-7(17,8(11,12)13)9(14,15)16/h1-4,17H. The highest BCUT2D eigenvalue weighted by atomic mass is 35.5. The van der Waals surface area contributed by atoms with E-state index in [1.54, 1.807) is 0 Å². The molecule has 0 heterocycles. The summed E-state index contributed by atoms with van der Waals surface area (Å²) >= 11 is 5.40. The average molecular weight is 295 g/mol. The number of benzene rings is 1. The normalized spacial score (nSPS) is 13.6. The SMILES string of the molecule is OC(Oc1ccc(Cl)cc1)(C(F)(F)F)C(F)(F)F. The molecule has 1 N–H and O–H groups in total. The van der Waals surface area contributed by atoms with Crippen LogP contribution in [0.15, 0.2) is 24.3 Å². The molecule has 9 heteroatoms. The molecular formula is C9H5ClF6O2. The quantitative estimate of drug-likeness (QED) is 0.668. The first-order valence-electron chi connectivity index (χ1n) is 4.28. The Labute approximate surface area is 102 Å². The molecule has 0 saturated carbocycles. The Morgan fingerprint density at radius 2 is 1.28 bits per heavy atom. The minimum Gasteiger partial charge on any atom is -0.447 e. The van der Waals surface area contributed by atoms with Crippen LogP contribution in [0.2, 0.25) is 5.02 Å². The number of aliphatic hydroxyl groups is 1. The van der Waals surface area contributed by atoms with Crippen molar-refractivity contribution in [2.45, 2.75) is 18.1 Å². The van der Waals surface area contributed by atoms with Gasteiger partial charge in [0.1, 0.15) is 5.75 Å². The second kappa shape index (κ2) is 4.51. The summed E-state index contributed by atoms with van der Waals surface area (Å²) in [6.07, 6.45) is -12.1. The van der Waals surface area contributed by atoms with Crippen LogP contribution in [0.1, 0.15) is 0 Å². The van der Waals surface area contributed by atoms with Gasteiger partial charge in [0.05, 0.1) is 0 Å². The third-order valence-corrected chi connectivity index (χ3v) is 2.10. The molecule has 0 spiro atoms. The van der Waals surface area contributed by atoms with Crippen molar-refractivity contribution in [1.29, 1.82) is 0 Å². The van der Waals surface area contributed by atoms with Gasteiger partial charge in [0.15, 0.2) is 0 Å². The smallest absolute Gasteiger partial charge is 0.447 e. The van der Waals surface area contributed by atoms with E-state index in [0.29, 0.717) is 0 Å². The maximum Gasteiger partial charge on any atom is 0.465 e. The van der Waals surface area contributed by atoms with Gasteiger partial charge < -0.3 is 9.84 Å². The fourth-order valence-electron chi connectivity index (χ4n) is 0.950. The van der Waals surface area contributed by atoms with Crippen molar-refractivity contribution < 1.29 is 36.2 Å². The summed E-state index contributed by atoms with van der Waals surface area (Å²) in [5.41, 5.74) is 0. The van der Waals surface area contributed by atoms with Crippen molar-refractivity contribution in [1.82, 2.24) is 0 Å². The van der Waals surface area contributed by atoms with Gasteiger partial charge in [-0.2, -0.15) is 26.3 Å². The Bertz CT molecular complexity index is 397. The molecule has 0 radical (unpaired) electrons. The summed E-state index contributed by atoms with van der Waals surface area (Å²) < 4.78 is 77.1. The fraction of sp³-hybridized carbons (Fsp3) is 0.333. The second-order valence-corrected chi connectivity index (χ2v) is 3.63. The van der Waals surface area contributed by atoms with Crippen molar-refractivity contribution >= 4 is 11.6 Å². The first-order chi connectivity index (χ1) is 7.97. The zero-order valence-corrected chi connectivity index (χ0v) is 9.07. The monoisotopic (exact) mass is 294 g/mol. The Kier molecular flexibility index (Phi) is 3.73. The summed E-state index contributed by atoms with van der Waals surface area (Å²) in [4.78, 5) is 0. The van der Waals surface area contributed by atoms with E-state index in [1.807, 2.05) is 0 Å². The van der Waals surface area contributed by atoms with Gasteiger partial charge in [-0.25, -0.2) is 0 Å². The Hall–Kier alpha value is -1.15. The molecule has 0 aliphatic carbocycles. The minimum atomic E-state index is -6.04. The van der Waals surface area contributed by atoms with Crippen LogP contribution in [0.4, 0.5) is 26.3 Å². The summed E-state index contributed by atoms with van der Waals surface area (Å²) in [6.45, 7) is 0. The third kappa shape index (κ3) is 2.81. The van der Waals surface area contributed by atoms with Crippen molar-refractivity contribution in [3.05, 3.63) is 29.3 Å². The number of ether oxygens (including phenoxy) is 1.